The molecule has 0 amide bonds. The van der Waals surface area contributed by atoms with Gasteiger partial charge in [-0.1, -0.05) is 31.5 Å². The normalized spacial score (nSPS) is 12.0. The van der Waals surface area contributed by atoms with Gasteiger partial charge in [0.1, 0.15) is 0 Å². The van der Waals surface area contributed by atoms with Crippen LogP contribution >= 0.6 is 12.2 Å². The van der Waals surface area contributed by atoms with Crippen LogP contribution in [-0.2, 0) is 0 Å². The van der Waals surface area contributed by atoms with E-state index < -0.39 is 0 Å². The zero-order chi connectivity index (χ0) is 11.4. The third-order valence-corrected chi connectivity index (χ3v) is 2.87. The lowest BCUT2D eigenvalue weighted by Crippen LogP contribution is -1.95. The van der Waals surface area contributed by atoms with Crippen molar-refractivity contribution in [2.75, 3.05) is 0 Å². The number of aliphatic imine (C=N–C) groups is 1. The first kappa shape index (κ1) is 12.1. The minimum absolute atomic E-state index is 0.519. The fraction of sp³-hybridized carbons (Fsp3) is 0.462. The maximum atomic E-state index is 4.69. The number of hydrogen-bond donors (Lipinski definition) is 0. The predicted octanol–water partition coefficient (Wildman–Crippen LogP) is 4.55. The summed E-state index contributed by atoms with van der Waals surface area (Å²) < 4.78 is 0. The van der Waals surface area contributed by atoms with Crippen LogP contribution in [0.5, 0.6) is 0 Å². The summed E-state index contributed by atoms with van der Waals surface area (Å²) in [6, 6.07) is 4.34. The number of thiocarbonyl (C=S) groups is 1. The van der Waals surface area contributed by atoms with Gasteiger partial charge in [0.2, 0.25) is 0 Å². The maximum absolute atomic E-state index is 4.69. The van der Waals surface area contributed by atoms with Crippen molar-refractivity contribution in [3.05, 3.63) is 28.8 Å². The number of isothiocyanates is 1. The fourth-order valence-corrected chi connectivity index (χ4v) is 1.88. The Morgan fingerprint density at radius 2 is 2.07 bits per heavy atom. The molecule has 0 saturated heterocycles. The van der Waals surface area contributed by atoms with E-state index in [1.807, 2.05) is 0 Å². The molecule has 0 aromatic heterocycles. The van der Waals surface area contributed by atoms with Crippen molar-refractivity contribution in [3.63, 3.8) is 0 Å². The highest BCUT2D eigenvalue weighted by Crippen LogP contribution is 2.32. The van der Waals surface area contributed by atoms with Crippen molar-refractivity contribution < 1.29 is 0 Å². The lowest BCUT2D eigenvalue weighted by molar-refractivity contribution is 0.733. The molecule has 0 radical (unpaired) electrons. The highest BCUT2D eigenvalue weighted by Gasteiger charge is 2.11. The second-order valence-corrected chi connectivity index (χ2v) is 4.21. The van der Waals surface area contributed by atoms with E-state index >= 15 is 0 Å². The molecule has 1 nitrogen and oxygen atoms in total. The number of rotatable bonds is 3. The molecule has 0 aliphatic rings. The van der Waals surface area contributed by atoms with Crippen molar-refractivity contribution in [2.24, 2.45) is 4.99 Å². The average Bonchev–Trinajstić information content (AvgIpc) is 2.20. The molecule has 0 N–H and O–H groups in total. The van der Waals surface area contributed by atoms with Crippen LogP contribution in [0.3, 0.4) is 0 Å². The van der Waals surface area contributed by atoms with Crippen LogP contribution in [0.15, 0.2) is 17.1 Å². The van der Waals surface area contributed by atoms with E-state index in [4.69, 9.17) is 12.2 Å². The lowest BCUT2D eigenvalue weighted by atomic mass is 9.93. The van der Waals surface area contributed by atoms with Gasteiger partial charge in [-0.2, -0.15) is 4.99 Å². The molecule has 0 saturated carbocycles. The van der Waals surface area contributed by atoms with Gasteiger partial charge in [0.15, 0.2) is 0 Å². The van der Waals surface area contributed by atoms with Crippen LogP contribution in [0.2, 0.25) is 0 Å². The molecule has 15 heavy (non-hydrogen) atoms. The van der Waals surface area contributed by atoms with Crippen LogP contribution in [0.25, 0.3) is 0 Å². The van der Waals surface area contributed by atoms with Gasteiger partial charge in [-0.15, -0.1) is 0 Å². The van der Waals surface area contributed by atoms with Gasteiger partial charge in [-0.25, -0.2) is 0 Å². The monoisotopic (exact) mass is 219 g/mol. The number of hydrogen-bond acceptors (Lipinski definition) is 2. The summed E-state index contributed by atoms with van der Waals surface area (Å²) in [6.07, 6.45) is 1.11. The Balaban J connectivity index is 3.38. The van der Waals surface area contributed by atoms with Crippen molar-refractivity contribution in [3.8, 4) is 0 Å². The summed E-state index contributed by atoms with van der Waals surface area (Å²) in [5.74, 6) is 0.519. The molecule has 1 unspecified atom stereocenters. The van der Waals surface area contributed by atoms with Crippen LogP contribution in [-0.4, -0.2) is 5.16 Å². The first-order valence-corrected chi connectivity index (χ1v) is 5.70. The van der Waals surface area contributed by atoms with Crippen molar-refractivity contribution in [1.82, 2.24) is 0 Å². The second-order valence-electron chi connectivity index (χ2n) is 4.03. The molecular weight excluding hydrogens is 202 g/mol. The topological polar surface area (TPSA) is 12.4 Å². The van der Waals surface area contributed by atoms with E-state index in [2.05, 4.69) is 50.0 Å². The lowest BCUT2D eigenvalue weighted by Gasteiger charge is -2.14. The van der Waals surface area contributed by atoms with Crippen LogP contribution < -0.4 is 0 Å². The Morgan fingerprint density at radius 1 is 1.40 bits per heavy atom. The second kappa shape index (κ2) is 5.20. The van der Waals surface area contributed by atoms with Crippen LogP contribution in [0, 0.1) is 13.8 Å². The molecular formula is C13H17NS. The molecule has 0 fully saturated rings. The Hall–Kier alpha value is -0.980. The fourth-order valence-electron chi connectivity index (χ4n) is 1.79. The largest absolute Gasteiger partial charge is 0.194 e. The molecule has 0 bridgehead atoms. The molecule has 2 heteroatoms. The summed E-state index contributed by atoms with van der Waals surface area (Å²) in [5, 5.41) is 2.47. The summed E-state index contributed by atoms with van der Waals surface area (Å²) in [4.78, 5) is 4.18. The average molecular weight is 219 g/mol. The summed E-state index contributed by atoms with van der Waals surface area (Å²) >= 11 is 4.69. The quantitative estimate of drug-likeness (QED) is 0.536. The van der Waals surface area contributed by atoms with Gasteiger partial charge in [0.25, 0.3) is 0 Å². The summed E-state index contributed by atoms with van der Waals surface area (Å²) in [5.41, 5.74) is 4.76. The van der Waals surface area contributed by atoms with Crippen molar-refractivity contribution >= 4 is 23.1 Å². The van der Waals surface area contributed by atoms with E-state index in [-0.39, 0.29) is 0 Å². The minimum atomic E-state index is 0.519. The van der Waals surface area contributed by atoms with E-state index in [0.29, 0.717) is 5.92 Å². The zero-order valence-corrected chi connectivity index (χ0v) is 10.6. The maximum Gasteiger partial charge on any atom is 0.0803 e. The van der Waals surface area contributed by atoms with E-state index in [0.717, 1.165) is 12.1 Å². The molecule has 0 spiro atoms. The minimum Gasteiger partial charge on any atom is -0.194 e. The Labute approximate surface area is 97.2 Å². The first-order chi connectivity index (χ1) is 7.10. The first-order valence-electron chi connectivity index (χ1n) is 5.29. The van der Waals surface area contributed by atoms with Gasteiger partial charge >= 0.3 is 0 Å². The standard InChI is InChI=1S/C13H17NS/c1-5-10(3)12-7-9(2)6-11(4)13(12)14-8-15/h6-7,10H,5H2,1-4H3. The van der Waals surface area contributed by atoms with Crippen LogP contribution in [0.4, 0.5) is 5.69 Å². The van der Waals surface area contributed by atoms with E-state index in [1.165, 1.54) is 16.7 Å². The Kier molecular flexibility index (Phi) is 4.19. The number of aryl methyl sites for hydroxylation is 2. The Morgan fingerprint density at radius 3 is 2.60 bits per heavy atom. The summed E-state index contributed by atoms with van der Waals surface area (Å²) in [7, 11) is 0. The third-order valence-electron chi connectivity index (χ3n) is 2.78. The highest BCUT2D eigenvalue weighted by molar-refractivity contribution is 7.78. The SMILES string of the molecule is CCC(C)c1cc(C)cc(C)c1N=C=S. The molecule has 0 heterocycles. The zero-order valence-electron chi connectivity index (χ0n) is 9.79. The van der Waals surface area contributed by atoms with Crippen molar-refractivity contribution in [2.45, 2.75) is 40.0 Å². The molecule has 1 rings (SSSR count). The van der Waals surface area contributed by atoms with Gasteiger partial charge in [-0.05, 0) is 49.5 Å². The summed E-state index contributed by atoms with van der Waals surface area (Å²) in [6.45, 7) is 8.60. The molecule has 1 aromatic carbocycles. The van der Waals surface area contributed by atoms with Gasteiger partial charge in [0.05, 0.1) is 10.8 Å². The van der Waals surface area contributed by atoms with E-state index in [9.17, 15) is 0 Å². The van der Waals surface area contributed by atoms with Gasteiger partial charge in [-0.3, -0.25) is 0 Å². The molecule has 1 aromatic rings. The molecule has 80 valence electrons. The highest BCUT2D eigenvalue weighted by atomic mass is 32.1. The molecule has 0 aliphatic carbocycles. The van der Waals surface area contributed by atoms with Crippen LogP contribution in [0.1, 0.15) is 42.9 Å². The Bertz CT molecular complexity index is 403. The molecule has 1 atom stereocenters. The van der Waals surface area contributed by atoms with Gasteiger partial charge in [0, 0.05) is 0 Å². The van der Waals surface area contributed by atoms with Crippen molar-refractivity contribution in [1.29, 1.82) is 0 Å². The third kappa shape index (κ3) is 2.74. The smallest absolute Gasteiger partial charge is 0.0803 e. The predicted molar refractivity (Wildman–Crippen MR) is 69.3 cm³/mol. The van der Waals surface area contributed by atoms with E-state index in [1.54, 1.807) is 0 Å². The number of benzene rings is 1. The van der Waals surface area contributed by atoms with Gasteiger partial charge < -0.3 is 0 Å². The molecule has 0 aliphatic heterocycles. The number of nitrogens with zero attached hydrogens (tertiary/aromatic N) is 1.